The van der Waals surface area contributed by atoms with Crippen molar-refractivity contribution in [1.29, 1.82) is 0 Å². The molecule has 7 heteroatoms. The maximum atomic E-state index is 10.9. The molecule has 106 valence electrons. The highest BCUT2D eigenvalue weighted by Crippen LogP contribution is 2.23. The predicted octanol–water partition coefficient (Wildman–Crippen LogP) is 2.55. The largest absolute Gasteiger partial charge is 0.374 e. The van der Waals surface area contributed by atoms with E-state index in [1.807, 2.05) is 27.0 Å². The minimum absolute atomic E-state index is 0.0516. The molecule has 0 saturated heterocycles. The summed E-state index contributed by atoms with van der Waals surface area (Å²) >= 11 is 0. The van der Waals surface area contributed by atoms with E-state index in [9.17, 15) is 10.1 Å². The summed E-state index contributed by atoms with van der Waals surface area (Å²) in [4.78, 5) is 10.5. The summed E-state index contributed by atoms with van der Waals surface area (Å²) in [7, 11) is 0. The molecule has 0 fully saturated rings. The Morgan fingerprint density at radius 1 is 1.35 bits per heavy atom. The van der Waals surface area contributed by atoms with Crippen LogP contribution in [0.5, 0.6) is 0 Å². The van der Waals surface area contributed by atoms with Gasteiger partial charge in [0.15, 0.2) is 0 Å². The molecule has 1 aromatic carbocycles. The number of hydrogen-bond donors (Lipinski definition) is 1. The summed E-state index contributed by atoms with van der Waals surface area (Å²) in [6, 6.07) is 6.53. The van der Waals surface area contributed by atoms with E-state index < -0.39 is 4.92 Å². The topological polar surface area (TPSA) is 85.9 Å². The normalized spacial score (nSPS) is 11.3. The number of nitrogens with zero attached hydrogens (tertiary/aromatic N) is 4. The van der Waals surface area contributed by atoms with Crippen LogP contribution >= 0.6 is 0 Å². The number of hydrogen-bond acceptors (Lipinski definition) is 5. The van der Waals surface area contributed by atoms with Gasteiger partial charge in [0.25, 0.3) is 5.69 Å². The summed E-state index contributed by atoms with van der Waals surface area (Å²) < 4.78 is 1.77. The van der Waals surface area contributed by atoms with Gasteiger partial charge in [-0.3, -0.25) is 10.1 Å². The van der Waals surface area contributed by atoms with Crippen LogP contribution < -0.4 is 5.32 Å². The summed E-state index contributed by atoms with van der Waals surface area (Å²) in [6.45, 7) is 6.48. The Morgan fingerprint density at radius 2 is 2.05 bits per heavy atom. The Balaban J connectivity index is 2.10. The molecule has 0 aliphatic heterocycles. The second-order valence-electron chi connectivity index (χ2n) is 5.45. The first-order valence-electron chi connectivity index (χ1n) is 6.27. The summed E-state index contributed by atoms with van der Waals surface area (Å²) in [5.74, 6) is 0. The molecule has 0 amide bonds. The third-order valence-electron chi connectivity index (χ3n) is 2.79. The molecule has 2 rings (SSSR count). The maximum Gasteiger partial charge on any atom is 0.292 e. The van der Waals surface area contributed by atoms with Gasteiger partial charge in [0, 0.05) is 6.07 Å². The number of benzene rings is 1. The van der Waals surface area contributed by atoms with E-state index >= 15 is 0 Å². The molecule has 20 heavy (non-hydrogen) atoms. The molecule has 1 heterocycles. The molecular weight excluding hydrogens is 258 g/mol. The van der Waals surface area contributed by atoms with E-state index in [1.165, 1.54) is 6.07 Å². The highest BCUT2D eigenvalue weighted by Gasteiger charge is 2.16. The second kappa shape index (κ2) is 5.28. The van der Waals surface area contributed by atoms with Crippen molar-refractivity contribution < 1.29 is 4.92 Å². The monoisotopic (exact) mass is 275 g/mol. The lowest BCUT2D eigenvalue weighted by molar-refractivity contribution is -0.384. The molecule has 0 bridgehead atoms. The second-order valence-corrected chi connectivity index (χ2v) is 5.45. The van der Waals surface area contributed by atoms with Gasteiger partial charge in [-0.1, -0.05) is 17.3 Å². The van der Waals surface area contributed by atoms with Crippen molar-refractivity contribution in [2.24, 2.45) is 0 Å². The number of aromatic nitrogens is 3. The molecule has 0 atom stereocenters. The highest BCUT2D eigenvalue weighted by atomic mass is 16.6. The Hall–Kier alpha value is -2.44. The number of nitro benzene ring substituents is 1. The van der Waals surface area contributed by atoms with Crippen molar-refractivity contribution in [2.45, 2.75) is 32.9 Å². The molecule has 1 aromatic heterocycles. The molecule has 0 saturated carbocycles. The van der Waals surface area contributed by atoms with Crippen LogP contribution in [-0.2, 0) is 12.1 Å². The van der Waals surface area contributed by atoms with E-state index in [4.69, 9.17) is 0 Å². The van der Waals surface area contributed by atoms with E-state index in [2.05, 4.69) is 15.6 Å². The minimum atomic E-state index is -0.408. The van der Waals surface area contributed by atoms with Gasteiger partial charge >= 0.3 is 0 Å². The number of rotatable bonds is 4. The van der Waals surface area contributed by atoms with Crippen LogP contribution in [0.1, 0.15) is 26.5 Å². The molecule has 0 radical (unpaired) electrons. The zero-order valence-electron chi connectivity index (χ0n) is 11.7. The Labute approximate surface area is 116 Å². The summed E-state index contributed by atoms with van der Waals surface area (Å²) in [6.07, 6.45) is 1.84. The maximum absolute atomic E-state index is 10.9. The number of nitrogens with one attached hydrogen (secondary N) is 1. The zero-order valence-corrected chi connectivity index (χ0v) is 11.7. The lowest BCUT2D eigenvalue weighted by Crippen LogP contribution is -2.22. The average molecular weight is 275 g/mol. The van der Waals surface area contributed by atoms with Crippen LogP contribution in [0.2, 0.25) is 0 Å². The third-order valence-corrected chi connectivity index (χ3v) is 2.79. The molecule has 0 aliphatic rings. The standard InChI is InChI=1S/C13H17N5O2/c1-13(2,3)17-9-10(15-16-17)8-14-11-6-4-5-7-12(11)18(19)20/h4-7,9,14H,8H2,1-3H3. The molecule has 2 aromatic rings. The van der Waals surface area contributed by atoms with Crippen LogP contribution in [0.4, 0.5) is 11.4 Å². The van der Waals surface area contributed by atoms with Crippen molar-refractivity contribution in [2.75, 3.05) is 5.32 Å². The summed E-state index contributed by atoms with van der Waals surface area (Å²) in [5.41, 5.74) is 1.13. The van der Waals surface area contributed by atoms with E-state index in [1.54, 1.807) is 22.9 Å². The Kier molecular flexibility index (Phi) is 3.69. The predicted molar refractivity (Wildman–Crippen MR) is 75.4 cm³/mol. The van der Waals surface area contributed by atoms with Crippen molar-refractivity contribution in [3.8, 4) is 0 Å². The van der Waals surface area contributed by atoms with Crippen LogP contribution in [0.3, 0.4) is 0 Å². The van der Waals surface area contributed by atoms with Gasteiger partial charge in [-0.25, -0.2) is 4.68 Å². The average Bonchev–Trinajstić information content (AvgIpc) is 2.85. The fourth-order valence-electron chi connectivity index (χ4n) is 1.68. The Morgan fingerprint density at radius 3 is 2.65 bits per heavy atom. The SMILES string of the molecule is CC(C)(C)n1cc(CNc2ccccc2[N+](=O)[O-])nn1. The lowest BCUT2D eigenvalue weighted by atomic mass is 10.1. The molecule has 0 unspecified atom stereocenters. The van der Waals surface area contributed by atoms with Gasteiger partial charge < -0.3 is 5.32 Å². The first kappa shape index (κ1) is 14.0. The fourth-order valence-corrected chi connectivity index (χ4v) is 1.68. The fraction of sp³-hybridized carbons (Fsp3) is 0.385. The molecule has 0 aliphatic carbocycles. The van der Waals surface area contributed by atoms with Gasteiger partial charge in [-0.05, 0) is 26.8 Å². The van der Waals surface area contributed by atoms with Gasteiger partial charge in [-0.15, -0.1) is 5.10 Å². The molecule has 0 spiro atoms. The van der Waals surface area contributed by atoms with Crippen LogP contribution in [-0.4, -0.2) is 19.9 Å². The third kappa shape index (κ3) is 3.11. The molecular formula is C13H17N5O2. The number of para-hydroxylation sites is 2. The van der Waals surface area contributed by atoms with Gasteiger partial charge in [-0.2, -0.15) is 0 Å². The van der Waals surface area contributed by atoms with Crippen molar-refractivity contribution in [3.05, 3.63) is 46.3 Å². The van der Waals surface area contributed by atoms with Crippen LogP contribution in [0, 0.1) is 10.1 Å². The number of anilines is 1. The smallest absolute Gasteiger partial charge is 0.292 e. The van der Waals surface area contributed by atoms with E-state index in [0.29, 0.717) is 12.2 Å². The quantitative estimate of drug-likeness (QED) is 0.684. The first-order valence-corrected chi connectivity index (χ1v) is 6.27. The minimum Gasteiger partial charge on any atom is -0.374 e. The zero-order chi connectivity index (χ0) is 14.8. The lowest BCUT2D eigenvalue weighted by Gasteiger charge is -2.17. The van der Waals surface area contributed by atoms with Gasteiger partial charge in [0.1, 0.15) is 11.4 Å². The van der Waals surface area contributed by atoms with Gasteiger partial charge in [0.05, 0.1) is 23.2 Å². The van der Waals surface area contributed by atoms with Crippen LogP contribution in [0.15, 0.2) is 30.5 Å². The molecule has 7 nitrogen and oxygen atoms in total. The van der Waals surface area contributed by atoms with Crippen molar-refractivity contribution >= 4 is 11.4 Å². The molecule has 1 N–H and O–H groups in total. The van der Waals surface area contributed by atoms with Gasteiger partial charge in [0.2, 0.25) is 0 Å². The summed E-state index contributed by atoms with van der Waals surface area (Å²) in [5, 5.41) is 22.0. The highest BCUT2D eigenvalue weighted by molar-refractivity contribution is 5.61. The Bertz CT molecular complexity index is 615. The van der Waals surface area contributed by atoms with E-state index in [0.717, 1.165) is 5.69 Å². The number of nitro groups is 1. The van der Waals surface area contributed by atoms with E-state index in [-0.39, 0.29) is 11.2 Å². The van der Waals surface area contributed by atoms with Crippen molar-refractivity contribution in [1.82, 2.24) is 15.0 Å². The first-order chi connectivity index (χ1) is 9.38. The van der Waals surface area contributed by atoms with Crippen molar-refractivity contribution in [3.63, 3.8) is 0 Å². The van der Waals surface area contributed by atoms with Crippen LogP contribution in [0.25, 0.3) is 0 Å².